The average Bonchev–Trinajstić information content (AvgIpc) is 1.60. The van der Waals surface area contributed by atoms with Crippen LogP contribution in [0.2, 0.25) is 0 Å². The number of hydrogen-bond donors (Lipinski definition) is 0. The van der Waals surface area contributed by atoms with Crippen LogP contribution >= 0.6 is 0 Å². The number of furan rings is 1. The maximum atomic E-state index is 8.42. The van der Waals surface area contributed by atoms with Crippen molar-refractivity contribution >= 4 is 166 Å². The van der Waals surface area contributed by atoms with E-state index >= 15 is 0 Å². The highest BCUT2D eigenvalue weighted by molar-refractivity contribution is 7.03. The number of rotatable bonds is 7. The van der Waals surface area contributed by atoms with Crippen LogP contribution in [0.5, 0.6) is 0 Å². The lowest BCUT2D eigenvalue weighted by molar-refractivity contribution is 0.634. The molecule has 93 heavy (non-hydrogen) atoms. The Labute approximate surface area is 539 Å². The van der Waals surface area contributed by atoms with Gasteiger partial charge in [0.05, 0.1) is 73.9 Å². The fourth-order valence-corrected chi connectivity index (χ4v) is 16.7. The van der Waals surface area contributed by atoms with E-state index in [1.807, 2.05) is 0 Å². The first-order valence-electron chi connectivity index (χ1n) is 32.2. The van der Waals surface area contributed by atoms with Crippen molar-refractivity contribution < 1.29 is 4.42 Å². The second kappa shape index (κ2) is 19.0. The second-order valence-corrected chi connectivity index (χ2v) is 25.2. The summed E-state index contributed by atoms with van der Waals surface area (Å²) < 4.78 is 8.42. The van der Waals surface area contributed by atoms with Gasteiger partial charge in [-0.05, 0) is 166 Å². The van der Waals surface area contributed by atoms with Crippen molar-refractivity contribution in [3.63, 3.8) is 0 Å². The quantitative estimate of drug-likeness (QED) is 0.146. The number of aryl methyl sites for hydroxylation is 1. The fourth-order valence-electron chi connectivity index (χ4n) is 16.7. The van der Waals surface area contributed by atoms with Crippen LogP contribution in [-0.2, 0) is 0 Å². The van der Waals surface area contributed by atoms with E-state index < -0.39 is 0 Å². The van der Waals surface area contributed by atoms with Crippen LogP contribution in [0.25, 0.3) is 22.3 Å². The summed E-state index contributed by atoms with van der Waals surface area (Å²) >= 11 is 0. The Hall–Kier alpha value is -12.1. The molecule has 8 heterocycles. The van der Waals surface area contributed by atoms with Gasteiger partial charge in [-0.25, -0.2) is 0 Å². The van der Waals surface area contributed by atoms with Gasteiger partial charge in [0.1, 0.15) is 11.4 Å². The summed E-state index contributed by atoms with van der Waals surface area (Å²) in [5.74, 6) is 0. The van der Waals surface area contributed by atoms with E-state index in [1.165, 1.54) is 27.4 Å². The number of hydrogen-bond acceptors (Lipinski definition) is 8. The van der Waals surface area contributed by atoms with E-state index in [-0.39, 0.29) is 13.4 Å². The molecule has 0 amide bonds. The summed E-state index contributed by atoms with van der Waals surface area (Å²) in [6.07, 6.45) is 0. The average molecular weight is 1190 g/mol. The lowest BCUT2D eigenvalue weighted by Crippen LogP contribution is -2.62. The normalized spacial score (nSPS) is 13.9. The third kappa shape index (κ3) is 6.85. The van der Waals surface area contributed by atoms with E-state index in [4.69, 9.17) is 4.42 Å². The summed E-state index contributed by atoms with van der Waals surface area (Å²) in [4.78, 5) is 17.8. The highest BCUT2D eigenvalue weighted by atomic mass is 16.3. The molecular weight excluding hydrogens is 1130 g/mol. The molecule has 14 aromatic rings. The highest BCUT2D eigenvalue weighted by Gasteiger charge is 2.57. The first-order valence-corrected chi connectivity index (χ1v) is 32.2. The van der Waals surface area contributed by atoms with Gasteiger partial charge in [-0.1, -0.05) is 188 Å². The molecule has 0 unspecified atom stereocenters. The largest absolute Gasteiger partial charge is 0.480 e. The molecule has 1 aromatic heterocycles. The van der Waals surface area contributed by atoms with Crippen molar-refractivity contribution in [3.8, 4) is 22.3 Å². The summed E-state index contributed by atoms with van der Waals surface area (Å²) in [5, 5.41) is 0. The molecule has 0 N–H and O–H groups in total. The van der Waals surface area contributed by atoms with Gasteiger partial charge in [0.2, 0.25) is 0 Å². The molecule has 8 nitrogen and oxygen atoms in total. The topological polar surface area (TPSA) is 35.8 Å². The predicted molar refractivity (Wildman–Crippen MR) is 387 cm³/mol. The number of fused-ring (bicyclic) bond motifs is 15. The standard InChI is InChI=1S/C83H53B2N7O/c1-52-46-70-75-71(47-52)91-68-42-24-25-43-69(68)92-73-51-60(86(56-30-12-4-13-31-56)57-32-14-5-15-33-57)50-72-76(73)85(63-48-55(53-26-8-2-9-27-53)49-74-78(63)89(72)66-40-22-20-38-64(66)87(74)58-34-16-6-17-35-58)83-81(92)80(91)82(93-83)84(75)62-45-44-61(54-28-10-3-11-29-54)77-79(62)90(70)67-41-23-21-39-65(67)88(77)59-36-18-7-19-37-59/h2-51H,1H3. The van der Waals surface area contributed by atoms with Gasteiger partial charge in [0.25, 0.3) is 13.4 Å². The van der Waals surface area contributed by atoms with Crippen LogP contribution in [0.1, 0.15) is 5.56 Å². The molecule has 7 aliphatic heterocycles. The molecule has 10 heteroatoms. The molecule has 13 aromatic carbocycles. The molecule has 21 rings (SSSR count). The Morgan fingerprint density at radius 3 is 1.18 bits per heavy atom. The lowest BCUT2D eigenvalue weighted by atomic mass is 9.34. The van der Waals surface area contributed by atoms with Gasteiger partial charge in [-0.3, -0.25) is 0 Å². The lowest BCUT2D eigenvalue weighted by Gasteiger charge is -2.50. The molecule has 0 fully saturated rings. The van der Waals surface area contributed by atoms with Gasteiger partial charge < -0.3 is 38.7 Å². The van der Waals surface area contributed by atoms with Gasteiger partial charge in [0, 0.05) is 51.1 Å². The zero-order valence-corrected chi connectivity index (χ0v) is 50.6. The molecule has 0 atom stereocenters. The molecule has 0 bridgehead atoms. The minimum atomic E-state index is -0.370. The summed E-state index contributed by atoms with van der Waals surface area (Å²) in [5.41, 5.74) is 35.6. The number of anilines is 21. The van der Waals surface area contributed by atoms with E-state index in [9.17, 15) is 0 Å². The Kier molecular flexibility index (Phi) is 10.3. The van der Waals surface area contributed by atoms with Gasteiger partial charge >= 0.3 is 0 Å². The molecular formula is C83H53B2N7O. The molecule has 0 aliphatic carbocycles. The van der Waals surface area contributed by atoms with E-state index in [1.54, 1.807) is 0 Å². The molecule has 0 saturated carbocycles. The van der Waals surface area contributed by atoms with Crippen LogP contribution in [0.4, 0.5) is 119 Å². The SMILES string of the molecule is Cc1cc2c3c(c1)N1c4ccccc4N4c5cc(N(c6ccccc6)c6ccccc6)cc6c5B(c5cc(-c7ccccc7)cc7c5N6c5ccccc5N7c5ccccc5)c5oc(c1c54)B3c1ccc(-c3ccccc3)c3c1N2c1ccccc1N3c1ccccc1. The van der Waals surface area contributed by atoms with E-state index in [0.29, 0.717) is 0 Å². The Balaban J connectivity index is 0.908. The zero-order valence-electron chi connectivity index (χ0n) is 50.6. The van der Waals surface area contributed by atoms with Crippen molar-refractivity contribution in [1.29, 1.82) is 0 Å². The molecule has 0 radical (unpaired) electrons. The Morgan fingerprint density at radius 1 is 0.269 bits per heavy atom. The van der Waals surface area contributed by atoms with E-state index in [2.05, 4.69) is 345 Å². The molecule has 0 spiro atoms. The maximum Gasteiger partial charge on any atom is 0.297 e. The Morgan fingerprint density at radius 2 is 0.667 bits per heavy atom. The van der Waals surface area contributed by atoms with Crippen LogP contribution in [0.15, 0.2) is 308 Å². The predicted octanol–water partition coefficient (Wildman–Crippen LogP) is 18.4. The van der Waals surface area contributed by atoms with Gasteiger partial charge in [-0.15, -0.1) is 0 Å². The van der Waals surface area contributed by atoms with Crippen LogP contribution in [0.3, 0.4) is 0 Å². The number of para-hydroxylation sites is 10. The Bertz CT molecular complexity index is 5440. The van der Waals surface area contributed by atoms with Crippen LogP contribution in [0, 0.1) is 6.92 Å². The zero-order chi connectivity index (χ0) is 60.7. The maximum absolute atomic E-state index is 8.42. The fraction of sp³-hybridized carbons (Fsp3) is 0.0120. The first kappa shape index (κ1) is 50.7. The minimum absolute atomic E-state index is 0.313. The highest BCUT2D eigenvalue weighted by Crippen LogP contribution is 2.64. The first-order chi connectivity index (χ1) is 46.1. The third-order valence-corrected chi connectivity index (χ3v) is 20.3. The van der Waals surface area contributed by atoms with Gasteiger partial charge in [-0.2, -0.15) is 0 Å². The summed E-state index contributed by atoms with van der Waals surface area (Å²) in [6, 6.07) is 112. The summed E-state index contributed by atoms with van der Waals surface area (Å²) in [6.45, 7) is 1.59. The minimum Gasteiger partial charge on any atom is -0.480 e. The molecule has 432 valence electrons. The van der Waals surface area contributed by atoms with Gasteiger partial charge in [0.15, 0.2) is 0 Å². The van der Waals surface area contributed by atoms with Crippen molar-refractivity contribution in [1.82, 2.24) is 0 Å². The molecule has 7 aliphatic rings. The smallest absolute Gasteiger partial charge is 0.297 e. The van der Waals surface area contributed by atoms with Crippen LogP contribution < -0.4 is 67.5 Å². The van der Waals surface area contributed by atoms with Crippen molar-refractivity contribution in [3.05, 3.63) is 309 Å². The van der Waals surface area contributed by atoms with Crippen molar-refractivity contribution in [2.24, 2.45) is 0 Å². The number of benzene rings is 13. The molecule has 0 saturated heterocycles. The summed E-state index contributed by atoms with van der Waals surface area (Å²) in [7, 11) is 0. The second-order valence-electron chi connectivity index (χ2n) is 25.2. The number of nitrogens with zero attached hydrogens (tertiary/aromatic N) is 7. The monoisotopic (exact) mass is 1190 g/mol. The van der Waals surface area contributed by atoms with Crippen molar-refractivity contribution in [2.45, 2.75) is 6.92 Å². The van der Waals surface area contributed by atoms with Crippen molar-refractivity contribution in [2.75, 3.05) is 34.3 Å². The third-order valence-electron chi connectivity index (χ3n) is 20.3. The van der Waals surface area contributed by atoms with Crippen LogP contribution in [-0.4, -0.2) is 13.4 Å². The van der Waals surface area contributed by atoms with E-state index in [0.717, 1.165) is 153 Å².